The zero-order chi connectivity index (χ0) is 21.3. The monoisotopic (exact) mass is 415 g/mol. The largest absolute Gasteiger partial charge is 0.410 e. The van der Waals surface area contributed by atoms with Crippen molar-refractivity contribution in [3.63, 3.8) is 0 Å². The van der Waals surface area contributed by atoms with E-state index >= 15 is 0 Å². The van der Waals surface area contributed by atoms with Gasteiger partial charge in [-0.2, -0.15) is 0 Å². The van der Waals surface area contributed by atoms with Crippen LogP contribution >= 0.6 is 0 Å². The molecule has 0 radical (unpaired) electrons. The molecule has 1 aromatic rings. The number of amides is 2. The molecule has 0 aromatic heterocycles. The fourth-order valence-corrected chi connectivity index (χ4v) is 5.31. The molecule has 3 aliphatic heterocycles. The summed E-state index contributed by atoms with van der Waals surface area (Å²) in [4.78, 5) is 29.2. The number of nitrogens with two attached hydrogens (primary N) is 1. The quantitative estimate of drug-likeness (QED) is 0.816. The van der Waals surface area contributed by atoms with Crippen LogP contribution in [0, 0.1) is 5.41 Å². The number of hydrogen-bond acceptors (Lipinski definition) is 5. The van der Waals surface area contributed by atoms with Crippen molar-refractivity contribution >= 4 is 17.7 Å². The normalized spacial score (nSPS) is 25.4. The maximum atomic E-state index is 13.5. The maximum absolute atomic E-state index is 13.5. The Labute approximate surface area is 178 Å². The topological polar surface area (TPSA) is 85.1 Å². The number of rotatable bonds is 4. The van der Waals surface area contributed by atoms with Gasteiger partial charge in [-0.1, -0.05) is 13.8 Å². The van der Waals surface area contributed by atoms with E-state index in [9.17, 15) is 9.59 Å². The van der Waals surface area contributed by atoms with E-state index < -0.39 is 6.09 Å². The summed E-state index contributed by atoms with van der Waals surface area (Å²) in [5.41, 5.74) is 6.97. The average Bonchev–Trinajstić information content (AvgIpc) is 3.04. The summed E-state index contributed by atoms with van der Waals surface area (Å²) in [6.45, 7) is 8.18. The highest BCUT2D eigenvalue weighted by atomic mass is 16.5. The molecule has 1 spiro atoms. The van der Waals surface area contributed by atoms with Crippen molar-refractivity contribution in [2.45, 2.75) is 57.9 Å². The third-order valence-electron chi connectivity index (χ3n) is 6.95. The van der Waals surface area contributed by atoms with Gasteiger partial charge in [0.05, 0.1) is 5.41 Å². The Balaban J connectivity index is 1.53. The number of nitrogens with zero attached hydrogens (tertiary/aromatic N) is 2. The SMILES string of the molecule is CC(C)c1cc(N2CCC[C@@]3(CCN(C4CCOCC4)C3=O)C2)ccc1OC(N)=O. The van der Waals surface area contributed by atoms with Crippen LogP contribution < -0.4 is 15.4 Å². The minimum Gasteiger partial charge on any atom is -0.410 e. The van der Waals surface area contributed by atoms with Crippen molar-refractivity contribution in [1.29, 1.82) is 0 Å². The number of piperidine rings is 1. The third kappa shape index (κ3) is 4.00. The predicted molar refractivity (Wildman–Crippen MR) is 115 cm³/mol. The lowest BCUT2D eigenvalue weighted by molar-refractivity contribution is -0.139. The zero-order valence-corrected chi connectivity index (χ0v) is 18.1. The van der Waals surface area contributed by atoms with Gasteiger partial charge in [-0.05, 0) is 61.8 Å². The van der Waals surface area contributed by atoms with Gasteiger partial charge in [0, 0.05) is 44.6 Å². The molecule has 0 saturated carbocycles. The molecular weight excluding hydrogens is 382 g/mol. The second-order valence-electron chi connectivity index (χ2n) is 9.20. The zero-order valence-electron chi connectivity index (χ0n) is 18.1. The predicted octanol–water partition coefficient (Wildman–Crippen LogP) is 3.27. The highest BCUT2D eigenvalue weighted by molar-refractivity contribution is 5.86. The molecule has 30 heavy (non-hydrogen) atoms. The molecule has 7 heteroatoms. The number of benzene rings is 1. The number of carbonyl (C=O) groups is 2. The van der Waals surface area contributed by atoms with Gasteiger partial charge in [-0.3, -0.25) is 4.79 Å². The second kappa shape index (κ2) is 8.46. The molecule has 4 rings (SSSR count). The molecule has 1 atom stereocenters. The van der Waals surface area contributed by atoms with Crippen LogP contribution in [0.4, 0.5) is 10.5 Å². The lowest BCUT2D eigenvalue weighted by atomic mass is 9.78. The molecule has 3 aliphatic rings. The van der Waals surface area contributed by atoms with Gasteiger partial charge in [0.2, 0.25) is 5.91 Å². The summed E-state index contributed by atoms with van der Waals surface area (Å²) in [5.74, 6) is 1.03. The minimum absolute atomic E-state index is 0.190. The first-order chi connectivity index (χ1) is 14.4. The number of likely N-dealkylation sites (tertiary alicyclic amines) is 1. The average molecular weight is 416 g/mol. The van der Waals surface area contributed by atoms with E-state index in [-0.39, 0.29) is 11.3 Å². The molecule has 7 nitrogen and oxygen atoms in total. The molecule has 2 amide bonds. The van der Waals surface area contributed by atoms with E-state index in [0.29, 0.717) is 17.7 Å². The molecule has 0 bridgehead atoms. The van der Waals surface area contributed by atoms with Gasteiger partial charge in [-0.15, -0.1) is 0 Å². The van der Waals surface area contributed by atoms with Crippen LogP contribution in [0.1, 0.15) is 57.4 Å². The van der Waals surface area contributed by atoms with E-state index in [1.807, 2.05) is 12.1 Å². The smallest absolute Gasteiger partial charge is 0.409 e. The Morgan fingerprint density at radius 1 is 1.23 bits per heavy atom. The van der Waals surface area contributed by atoms with Crippen molar-refractivity contribution in [3.05, 3.63) is 23.8 Å². The number of ether oxygens (including phenoxy) is 2. The Hall–Kier alpha value is -2.28. The Morgan fingerprint density at radius 3 is 2.70 bits per heavy atom. The van der Waals surface area contributed by atoms with E-state index in [4.69, 9.17) is 15.2 Å². The summed E-state index contributed by atoms with van der Waals surface area (Å²) < 4.78 is 10.7. The number of carbonyl (C=O) groups excluding carboxylic acids is 2. The van der Waals surface area contributed by atoms with Crippen molar-refractivity contribution in [1.82, 2.24) is 4.90 Å². The van der Waals surface area contributed by atoms with Gasteiger partial charge in [0.25, 0.3) is 0 Å². The van der Waals surface area contributed by atoms with E-state index in [2.05, 4.69) is 29.7 Å². The number of anilines is 1. The Bertz CT molecular complexity index is 806. The highest BCUT2D eigenvalue weighted by Crippen LogP contribution is 2.43. The molecule has 164 valence electrons. The van der Waals surface area contributed by atoms with Crippen molar-refractivity contribution < 1.29 is 19.1 Å². The molecule has 3 fully saturated rings. The minimum atomic E-state index is -0.800. The Kier molecular flexibility index (Phi) is 5.91. The first kappa shape index (κ1) is 21.0. The van der Waals surface area contributed by atoms with Crippen LogP contribution in [-0.2, 0) is 9.53 Å². The van der Waals surface area contributed by atoms with Crippen molar-refractivity contribution in [2.75, 3.05) is 37.7 Å². The molecule has 3 heterocycles. The molecular formula is C23H33N3O4. The molecule has 0 unspecified atom stereocenters. The van der Waals surface area contributed by atoms with Crippen LogP contribution in [-0.4, -0.2) is 55.8 Å². The second-order valence-corrected chi connectivity index (χ2v) is 9.20. The lowest BCUT2D eigenvalue weighted by Crippen LogP contribution is -2.50. The van der Waals surface area contributed by atoms with Crippen molar-refractivity contribution in [3.8, 4) is 5.75 Å². The van der Waals surface area contributed by atoms with Crippen LogP contribution in [0.5, 0.6) is 5.75 Å². The summed E-state index contributed by atoms with van der Waals surface area (Å²) in [6, 6.07) is 6.21. The Morgan fingerprint density at radius 2 is 2.00 bits per heavy atom. The molecule has 0 aliphatic carbocycles. The van der Waals surface area contributed by atoms with Crippen LogP contribution in [0.3, 0.4) is 0 Å². The molecule has 1 aromatic carbocycles. The number of primary amides is 1. The first-order valence-electron chi connectivity index (χ1n) is 11.1. The molecule has 3 saturated heterocycles. The molecule has 2 N–H and O–H groups in total. The fourth-order valence-electron chi connectivity index (χ4n) is 5.31. The van der Waals surface area contributed by atoms with Gasteiger partial charge >= 0.3 is 6.09 Å². The van der Waals surface area contributed by atoms with Crippen LogP contribution in [0.2, 0.25) is 0 Å². The van der Waals surface area contributed by atoms with E-state index in [1.54, 1.807) is 0 Å². The summed E-state index contributed by atoms with van der Waals surface area (Å²) in [6.07, 6.45) is 3.99. The summed E-state index contributed by atoms with van der Waals surface area (Å²) in [5, 5.41) is 0. The first-order valence-corrected chi connectivity index (χ1v) is 11.1. The fraction of sp³-hybridized carbons (Fsp3) is 0.652. The van der Waals surface area contributed by atoms with Crippen LogP contribution in [0.25, 0.3) is 0 Å². The highest BCUT2D eigenvalue weighted by Gasteiger charge is 2.50. The van der Waals surface area contributed by atoms with Crippen LogP contribution in [0.15, 0.2) is 18.2 Å². The lowest BCUT2D eigenvalue weighted by Gasteiger charge is -2.41. The van der Waals surface area contributed by atoms with E-state index in [0.717, 1.165) is 76.2 Å². The maximum Gasteiger partial charge on any atom is 0.409 e. The van der Waals surface area contributed by atoms with Gasteiger partial charge in [-0.25, -0.2) is 4.79 Å². The standard InChI is InChI=1S/C23H33N3O4/c1-16(2)19-14-18(4-5-20(19)30-22(24)28)25-10-3-8-23(15-25)9-11-26(21(23)27)17-6-12-29-13-7-17/h4-5,14,16-17H,3,6-13,15H2,1-2H3,(H2,24,28)/t23-/m1/s1. The van der Waals surface area contributed by atoms with Gasteiger partial charge < -0.3 is 25.0 Å². The van der Waals surface area contributed by atoms with Gasteiger partial charge in [0.15, 0.2) is 0 Å². The third-order valence-corrected chi connectivity index (χ3v) is 6.95. The van der Waals surface area contributed by atoms with E-state index in [1.165, 1.54) is 0 Å². The number of hydrogen-bond donors (Lipinski definition) is 1. The van der Waals surface area contributed by atoms with Gasteiger partial charge in [0.1, 0.15) is 5.75 Å². The summed E-state index contributed by atoms with van der Waals surface area (Å²) >= 11 is 0. The van der Waals surface area contributed by atoms with Crippen molar-refractivity contribution in [2.24, 2.45) is 11.1 Å². The summed E-state index contributed by atoms with van der Waals surface area (Å²) in [7, 11) is 0.